The average Bonchev–Trinajstić information content (AvgIpc) is 2.84. The van der Waals surface area contributed by atoms with Crippen molar-refractivity contribution in [3.8, 4) is 0 Å². The van der Waals surface area contributed by atoms with Crippen molar-refractivity contribution in [3.63, 3.8) is 0 Å². The van der Waals surface area contributed by atoms with Crippen LogP contribution in [0.15, 0.2) is 15.9 Å². The van der Waals surface area contributed by atoms with Gasteiger partial charge in [0.05, 0.1) is 13.4 Å². The largest absolute Gasteiger partial charge is 0.268 e. The first kappa shape index (κ1) is 21.7. The lowest BCUT2D eigenvalue weighted by Crippen LogP contribution is -2.04. The van der Waals surface area contributed by atoms with E-state index in [9.17, 15) is 0 Å². The number of unbranched alkanes of at least 4 members (excludes halogenated alkanes) is 8. The van der Waals surface area contributed by atoms with Gasteiger partial charge in [-0.3, -0.25) is 0 Å². The van der Waals surface area contributed by atoms with E-state index in [1.54, 1.807) is 4.88 Å². The van der Waals surface area contributed by atoms with E-state index in [4.69, 9.17) is 0 Å². The van der Waals surface area contributed by atoms with Crippen LogP contribution in [0, 0.1) is 5.92 Å². The molecule has 2 atom stereocenters. The van der Waals surface area contributed by atoms with E-state index in [2.05, 4.69) is 56.0 Å². The molecule has 0 radical (unpaired) electrons. The first-order valence-corrected chi connectivity index (χ1v) is 13.6. The summed E-state index contributed by atoms with van der Waals surface area (Å²) >= 11 is 7.46. The fourth-order valence-electron chi connectivity index (χ4n) is 3.26. The summed E-state index contributed by atoms with van der Waals surface area (Å²) in [5.74, 6) is 0.892. The maximum atomic E-state index is 3.83. The summed E-state index contributed by atoms with van der Waals surface area (Å²) in [6.45, 7) is 4.60. The summed E-state index contributed by atoms with van der Waals surface area (Å²) in [4.78, 5) is 1.60. The van der Waals surface area contributed by atoms with E-state index >= 15 is 0 Å². The number of thiophene rings is 1. The second-order valence-electron chi connectivity index (χ2n) is 6.87. The van der Waals surface area contributed by atoms with Gasteiger partial charge in [-0.2, -0.15) is 0 Å². The highest BCUT2D eigenvalue weighted by atomic mass is 79.9. The average molecular weight is 467 g/mol. The van der Waals surface area contributed by atoms with Crippen LogP contribution in [-0.2, 0) is 6.42 Å². The van der Waals surface area contributed by atoms with Crippen molar-refractivity contribution >= 4 is 39.6 Å². The molecule has 0 nitrogen and oxygen atoms in total. The number of hydrogen-bond acceptors (Lipinski definition) is 0. The second kappa shape index (κ2) is 13.9. The van der Waals surface area contributed by atoms with Gasteiger partial charge in [-0.15, -0.1) is 0 Å². The zero-order valence-electron chi connectivity index (χ0n) is 15.1. The van der Waals surface area contributed by atoms with Gasteiger partial charge >= 0.3 is 0 Å². The minimum absolute atomic E-state index is 0.183. The summed E-state index contributed by atoms with van der Waals surface area (Å²) in [5.41, 5.74) is 0. The quantitative estimate of drug-likeness (QED) is 0.189. The van der Waals surface area contributed by atoms with Gasteiger partial charge in [-0.1, -0.05) is 78.1 Å². The van der Waals surface area contributed by atoms with E-state index in [0.717, 1.165) is 5.92 Å². The lowest BCUT2D eigenvalue weighted by atomic mass is 9.91. The Hall–Kier alpha value is 0.660. The molecule has 0 aromatic carbocycles. The van der Waals surface area contributed by atoms with Gasteiger partial charge in [0.2, 0.25) is 0 Å². The van der Waals surface area contributed by atoms with Crippen LogP contribution in [0.25, 0.3) is 0 Å². The molecule has 0 bridgehead atoms. The van der Waals surface area contributed by atoms with Crippen molar-refractivity contribution in [1.29, 1.82) is 0 Å². The zero-order chi connectivity index (χ0) is 16.9. The van der Waals surface area contributed by atoms with Gasteiger partial charge in [-0.05, 0) is 34.7 Å². The van der Waals surface area contributed by atoms with Crippen LogP contribution in [0.2, 0.25) is 0 Å². The molecule has 0 N–H and O–H groups in total. The van der Waals surface area contributed by atoms with Crippen LogP contribution < -0.4 is 0 Å². The van der Waals surface area contributed by atoms with Crippen LogP contribution in [0.4, 0.5) is 0 Å². The molecule has 23 heavy (non-hydrogen) atoms. The van der Waals surface area contributed by atoms with Crippen LogP contribution in [0.1, 0.15) is 95.8 Å². The summed E-state index contributed by atoms with van der Waals surface area (Å²) in [6, 6.07) is 2.35. The topological polar surface area (TPSA) is 0 Å². The lowest BCUT2D eigenvalue weighted by Gasteiger charge is -2.15. The van der Waals surface area contributed by atoms with Gasteiger partial charge in [0.1, 0.15) is 0 Å². The summed E-state index contributed by atoms with van der Waals surface area (Å²) in [6.07, 6.45) is 18.2. The zero-order valence-corrected chi connectivity index (χ0v) is 19.1. The van der Waals surface area contributed by atoms with Crippen molar-refractivity contribution in [2.24, 2.45) is 5.92 Å². The normalized spacial score (nSPS) is 13.5. The summed E-state index contributed by atoms with van der Waals surface area (Å²) < 4.78 is 1.26. The smallest absolute Gasteiger partial charge is 0.0654 e. The Morgan fingerprint density at radius 3 is 1.91 bits per heavy atom. The molecule has 1 rings (SSSR count). The molecular formula is C20H35Br2S+. The van der Waals surface area contributed by atoms with Crippen molar-refractivity contribution in [2.75, 3.05) is 0 Å². The SMILES string of the molecule is CCCCCCCCC(CCCCCC)Cc1cc(Br)c[s+]1Br. The number of rotatable bonds is 14. The predicted octanol–water partition coefficient (Wildman–Crippen LogP) is 9.24. The van der Waals surface area contributed by atoms with Gasteiger partial charge < -0.3 is 0 Å². The maximum Gasteiger partial charge on any atom is 0.268 e. The molecule has 0 fully saturated rings. The Labute approximate surface area is 163 Å². The molecule has 0 aliphatic carbocycles. The lowest BCUT2D eigenvalue weighted by molar-refractivity contribution is 0.404. The molecule has 0 spiro atoms. The maximum absolute atomic E-state index is 3.83. The minimum Gasteiger partial charge on any atom is -0.0654 e. The molecule has 0 amide bonds. The Balaban J connectivity index is 2.37. The third kappa shape index (κ3) is 10.3. The van der Waals surface area contributed by atoms with E-state index < -0.39 is 0 Å². The van der Waals surface area contributed by atoms with Crippen LogP contribution in [0.3, 0.4) is 0 Å². The highest BCUT2D eigenvalue weighted by molar-refractivity contribution is 9.34. The molecular weight excluding hydrogens is 432 g/mol. The Kier molecular flexibility index (Phi) is 13.1. The van der Waals surface area contributed by atoms with E-state index in [-0.39, 0.29) is 8.90 Å². The van der Waals surface area contributed by atoms with E-state index in [0.29, 0.717) is 0 Å². The van der Waals surface area contributed by atoms with Gasteiger partial charge in [0.25, 0.3) is 14.8 Å². The van der Waals surface area contributed by atoms with Crippen molar-refractivity contribution in [3.05, 3.63) is 20.8 Å². The fourth-order valence-corrected chi connectivity index (χ4v) is 7.34. The first-order valence-electron chi connectivity index (χ1n) is 9.64. The molecule has 0 aliphatic heterocycles. The Morgan fingerprint density at radius 2 is 1.39 bits per heavy atom. The monoisotopic (exact) mass is 465 g/mol. The molecule has 0 saturated carbocycles. The van der Waals surface area contributed by atoms with Crippen LogP contribution >= 0.6 is 39.6 Å². The van der Waals surface area contributed by atoms with E-state index in [1.165, 1.54) is 87.9 Å². The molecule has 2 unspecified atom stereocenters. The fraction of sp³-hybridized carbons (Fsp3) is 0.800. The summed E-state index contributed by atoms with van der Waals surface area (Å²) in [5, 5.41) is 2.30. The molecule has 3 heteroatoms. The molecule has 0 aliphatic rings. The summed E-state index contributed by atoms with van der Waals surface area (Å²) in [7, 11) is 0.183. The molecule has 134 valence electrons. The number of halogens is 2. The number of hydrogen-bond donors (Lipinski definition) is 0. The highest BCUT2D eigenvalue weighted by Crippen LogP contribution is 2.38. The third-order valence-corrected chi connectivity index (χ3v) is 8.50. The molecule has 1 heterocycles. The van der Waals surface area contributed by atoms with Gasteiger partial charge in [0, 0.05) is 12.5 Å². The van der Waals surface area contributed by atoms with Crippen LogP contribution in [0.5, 0.6) is 0 Å². The van der Waals surface area contributed by atoms with Crippen molar-refractivity contribution in [2.45, 2.75) is 97.3 Å². The molecule has 1 aromatic heterocycles. The first-order chi connectivity index (χ1) is 11.2. The van der Waals surface area contributed by atoms with E-state index in [1.807, 2.05) is 0 Å². The third-order valence-electron chi connectivity index (χ3n) is 4.69. The Morgan fingerprint density at radius 1 is 0.870 bits per heavy atom. The Bertz CT molecular complexity index is 400. The van der Waals surface area contributed by atoms with Gasteiger partial charge in [-0.25, -0.2) is 0 Å². The van der Waals surface area contributed by atoms with Gasteiger partial charge in [0.15, 0.2) is 10.3 Å². The standard InChI is InChI=1S/C20H35Br2S/c1-3-5-7-9-10-12-14-18(13-11-8-6-4-2)15-20-16-19(21)17-23(20)22/h16-18H,3-15H2,1-2H3/q+1. The van der Waals surface area contributed by atoms with Crippen molar-refractivity contribution < 1.29 is 0 Å². The van der Waals surface area contributed by atoms with Crippen LogP contribution in [-0.4, -0.2) is 0 Å². The molecule has 1 aromatic rings. The highest BCUT2D eigenvalue weighted by Gasteiger charge is 2.19. The second-order valence-corrected chi connectivity index (χ2v) is 11.2. The van der Waals surface area contributed by atoms with Crippen molar-refractivity contribution in [1.82, 2.24) is 0 Å². The predicted molar refractivity (Wildman–Crippen MR) is 115 cm³/mol. The molecule has 0 saturated heterocycles. The minimum atomic E-state index is 0.183.